The third-order valence-electron chi connectivity index (χ3n) is 2.84. The van der Waals surface area contributed by atoms with Gasteiger partial charge in [0, 0.05) is 12.1 Å². The zero-order valence-electron chi connectivity index (χ0n) is 8.40. The number of rotatable bonds is 2. The van der Waals surface area contributed by atoms with Gasteiger partial charge in [0.05, 0.1) is 19.9 Å². The average molecular weight is 186 g/mol. The molecule has 0 radical (unpaired) electrons. The van der Waals surface area contributed by atoms with E-state index in [1.807, 2.05) is 0 Å². The summed E-state index contributed by atoms with van der Waals surface area (Å²) in [6.45, 7) is 8.65. The number of hydrogen-bond acceptors (Lipinski definition) is 4. The van der Waals surface area contributed by atoms with Crippen LogP contribution in [0.5, 0.6) is 0 Å². The normalized spacial score (nSPS) is 37.4. The van der Waals surface area contributed by atoms with Gasteiger partial charge in [0.15, 0.2) is 0 Å². The highest BCUT2D eigenvalue weighted by atomic mass is 16.5. The lowest BCUT2D eigenvalue weighted by Gasteiger charge is -2.27. The highest BCUT2D eigenvalue weighted by molar-refractivity contribution is 4.74. The molecule has 4 heteroatoms. The Morgan fingerprint density at radius 2 is 1.46 bits per heavy atom. The fourth-order valence-corrected chi connectivity index (χ4v) is 1.74. The molecule has 0 N–H and O–H groups in total. The highest BCUT2D eigenvalue weighted by Crippen LogP contribution is 2.14. The zero-order valence-corrected chi connectivity index (χ0v) is 8.40. The van der Waals surface area contributed by atoms with Gasteiger partial charge in [0.1, 0.15) is 13.5 Å². The summed E-state index contributed by atoms with van der Waals surface area (Å²) in [5.41, 5.74) is 0. The van der Waals surface area contributed by atoms with Crippen molar-refractivity contribution in [3.8, 4) is 0 Å². The maximum absolute atomic E-state index is 5.37. The number of nitrogens with zero attached hydrogens (tertiary/aromatic N) is 2. The molecule has 2 saturated heterocycles. The summed E-state index contributed by atoms with van der Waals surface area (Å²) < 4.78 is 10.7. The van der Waals surface area contributed by atoms with E-state index in [0.29, 0.717) is 12.1 Å². The lowest BCUT2D eigenvalue weighted by Crippen LogP contribution is -2.42. The summed E-state index contributed by atoms with van der Waals surface area (Å²) >= 11 is 0. The Morgan fingerprint density at radius 1 is 1.00 bits per heavy atom. The Labute approximate surface area is 79.4 Å². The standard InChI is InChI=1S/C9H18N2O2/c1-8-3-12-6-10(8)5-11-7-13-4-9(11)2/h8-9H,3-7H2,1-2H3. The van der Waals surface area contributed by atoms with Crippen LogP contribution >= 0.6 is 0 Å². The third-order valence-corrected chi connectivity index (χ3v) is 2.84. The first-order valence-corrected chi connectivity index (χ1v) is 4.91. The van der Waals surface area contributed by atoms with Crippen LogP contribution in [0.15, 0.2) is 0 Å². The van der Waals surface area contributed by atoms with Crippen LogP contribution in [-0.4, -0.2) is 55.2 Å². The SMILES string of the molecule is CC1COCN1CN1COCC1C. The van der Waals surface area contributed by atoms with Crippen molar-refractivity contribution in [3.63, 3.8) is 0 Å². The molecule has 4 nitrogen and oxygen atoms in total. The van der Waals surface area contributed by atoms with Gasteiger partial charge in [-0.3, -0.25) is 9.80 Å². The van der Waals surface area contributed by atoms with Crippen LogP contribution in [0.1, 0.15) is 13.8 Å². The Balaban J connectivity index is 1.82. The fourth-order valence-electron chi connectivity index (χ4n) is 1.74. The number of hydrogen-bond donors (Lipinski definition) is 0. The molecule has 2 atom stereocenters. The van der Waals surface area contributed by atoms with Gasteiger partial charge in [0.2, 0.25) is 0 Å². The van der Waals surface area contributed by atoms with E-state index in [2.05, 4.69) is 23.6 Å². The average Bonchev–Trinajstić information content (AvgIpc) is 2.65. The smallest absolute Gasteiger partial charge is 0.100 e. The minimum absolute atomic E-state index is 0.549. The van der Waals surface area contributed by atoms with Crippen molar-refractivity contribution in [2.75, 3.05) is 33.3 Å². The predicted octanol–water partition coefficient (Wildman–Crippen LogP) is 0.300. The van der Waals surface area contributed by atoms with Crippen molar-refractivity contribution in [2.24, 2.45) is 0 Å². The Morgan fingerprint density at radius 3 is 1.77 bits per heavy atom. The molecule has 2 aliphatic heterocycles. The maximum Gasteiger partial charge on any atom is 0.100 e. The van der Waals surface area contributed by atoms with Gasteiger partial charge < -0.3 is 9.47 Å². The van der Waals surface area contributed by atoms with Gasteiger partial charge in [-0.15, -0.1) is 0 Å². The molecule has 2 unspecified atom stereocenters. The van der Waals surface area contributed by atoms with Crippen LogP contribution in [-0.2, 0) is 9.47 Å². The van der Waals surface area contributed by atoms with E-state index in [9.17, 15) is 0 Å². The van der Waals surface area contributed by atoms with Crippen molar-refractivity contribution >= 4 is 0 Å². The van der Waals surface area contributed by atoms with Gasteiger partial charge >= 0.3 is 0 Å². The van der Waals surface area contributed by atoms with Gasteiger partial charge in [-0.1, -0.05) is 0 Å². The second kappa shape index (κ2) is 3.92. The summed E-state index contributed by atoms with van der Waals surface area (Å²) in [5.74, 6) is 0. The van der Waals surface area contributed by atoms with Gasteiger partial charge in [0.25, 0.3) is 0 Å². The Hall–Kier alpha value is -0.160. The minimum atomic E-state index is 0.549. The van der Waals surface area contributed by atoms with E-state index >= 15 is 0 Å². The lowest BCUT2D eigenvalue weighted by atomic mass is 10.3. The quantitative estimate of drug-likeness (QED) is 0.619. The third kappa shape index (κ3) is 2.02. The van der Waals surface area contributed by atoms with E-state index in [1.165, 1.54) is 0 Å². The first-order chi connectivity index (χ1) is 6.27. The van der Waals surface area contributed by atoms with Gasteiger partial charge in [-0.05, 0) is 13.8 Å². The van der Waals surface area contributed by atoms with Gasteiger partial charge in [-0.2, -0.15) is 0 Å². The predicted molar refractivity (Wildman–Crippen MR) is 49.1 cm³/mol. The van der Waals surface area contributed by atoms with Crippen molar-refractivity contribution in [3.05, 3.63) is 0 Å². The van der Waals surface area contributed by atoms with Crippen molar-refractivity contribution in [2.45, 2.75) is 25.9 Å². The molecule has 0 aromatic heterocycles. The molecule has 2 fully saturated rings. The van der Waals surface area contributed by atoms with Crippen LogP contribution in [0.4, 0.5) is 0 Å². The Kier molecular flexibility index (Phi) is 2.83. The zero-order chi connectivity index (χ0) is 9.26. The monoisotopic (exact) mass is 186 g/mol. The van der Waals surface area contributed by atoms with Gasteiger partial charge in [-0.25, -0.2) is 0 Å². The molecule has 2 aliphatic rings. The molecule has 0 aliphatic carbocycles. The summed E-state index contributed by atoms with van der Waals surface area (Å²) in [7, 11) is 0. The summed E-state index contributed by atoms with van der Waals surface area (Å²) in [5, 5.41) is 0. The van der Waals surface area contributed by atoms with E-state index in [4.69, 9.17) is 9.47 Å². The molecule has 0 bridgehead atoms. The maximum atomic E-state index is 5.37. The molecule has 0 aromatic rings. The topological polar surface area (TPSA) is 24.9 Å². The summed E-state index contributed by atoms with van der Waals surface area (Å²) in [6, 6.07) is 1.10. The van der Waals surface area contributed by atoms with Crippen LogP contribution in [0.2, 0.25) is 0 Å². The van der Waals surface area contributed by atoms with Crippen LogP contribution in [0.25, 0.3) is 0 Å². The molecule has 2 heterocycles. The molecule has 76 valence electrons. The van der Waals surface area contributed by atoms with E-state index in [1.54, 1.807) is 0 Å². The second-order valence-electron chi connectivity index (χ2n) is 4.02. The lowest BCUT2D eigenvalue weighted by molar-refractivity contribution is 0.0571. The fraction of sp³-hybridized carbons (Fsp3) is 1.00. The summed E-state index contributed by atoms with van der Waals surface area (Å²) in [6.07, 6.45) is 0. The minimum Gasteiger partial charge on any atom is -0.364 e. The van der Waals surface area contributed by atoms with E-state index in [-0.39, 0.29) is 0 Å². The molecule has 0 amide bonds. The molecular weight excluding hydrogens is 168 g/mol. The molecule has 0 aromatic carbocycles. The van der Waals surface area contributed by atoms with Crippen molar-refractivity contribution in [1.29, 1.82) is 0 Å². The summed E-state index contributed by atoms with van der Waals surface area (Å²) in [4.78, 5) is 4.68. The molecule has 0 saturated carbocycles. The van der Waals surface area contributed by atoms with Crippen molar-refractivity contribution in [1.82, 2.24) is 9.80 Å². The molecule has 0 spiro atoms. The van der Waals surface area contributed by atoms with E-state index < -0.39 is 0 Å². The Bertz CT molecular complexity index is 159. The highest BCUT2D eigenvalue weighted by Gasteiger charge is 2.27. The molecule has 13 heavy (non-hydrogen) atoms. The molecular formula is C9H18N2O2. The molecule has 2 rings (SSSR count). The first-order valence-electron chi connectivity index (χ1n) is 4.91. The van der Waals surface area contributed by atoms with Crippen LogP contribution in [0.3, 0.4) is 0 Å². The second-order valence-corrected chi connectivity index (χ2v) is 4.02. The van der Waals surface area contributed by atoms with Crippen LogP contribution < -0.4 is 0 Å². The van der Waals surface area contributed by atoms with Crippen molar-refractivity contribution < 1.29 is 9.47 Å². The number of ether oxygens (including phenoxy) is 2. The largest absolute Gasteiger partial charge is 0.364 e. The first kappa shape index (κ1) is 9.40. The van der Waals surface area contributed by atoms with E-state index in [0.717, 1.165) is 33.3 Å². The van der Waals surface area contributed by atoms with Crippen LogP contribution in [0, 0.1) is 0 Å².